The number of nitrogen functional groups attached to an aromatic ring is 1. The van der Waals surface area contributed by atoms with Gasteiger partial charge in [0.15, 0.2) is 0 Å². The highest BCUT2D eigenvalue weighted by Gasteiger charge is 2.21. The number of aromatic nitrogens is 2. The number of anilines is 1. The molecule has 0 radical (unpaired) electrons. The Morgan fingerprint density at radius 1 is 1.57 bits per heavy atom. The normalized spacial score (nSPS) is 20.1. The summed E-state index contributed by atoms with van der Waals surface area (Å²) in [7, 11) is 0. The van der Waals surface area contributed by atoms with Crippen LogP contribution in [0.5, 0.6) is 0 Å². The number of aromatic amines is 1. The predicted octanol–water partition coefficient (Wildman–Crippen LogP) is 1.61. The first-order chi connectivity index (χ1) is 6.77. The van der Waals surface area contributed by atoms with Gasteiger partial charge >= 0.3 is 0 Å². The number of H-pyrrole nitrogens is 1. The number of aliphatic hydroxyl groups excluding tert-OH is 1. The Bertz CT molecular complexity index is 291. The molecule has 1 aromatic heterocycles. The maximum absolute atomic E-state index is 9.91. The van der Waals surface area contributed by atoms with Crippen molar-refractivity contribution >= 4 is 5.82 Å². The Morgan fingerprint density at radius 3 is 2.86 bits per heavy atom. The number of nitrogens with zero attached hydrogens (tertiary/aromatic N) is 1. The lowest BCUT2D eigenvalue weighted by atomic mass is 9.97. The fraction of sp³-hybridized carbons (Fsp3) is 0.700. The van der Waals surface area contributed by atoms with Crippen molar-refractivity contribution < 1.29 is 5.11 Å². The third kappa shape index (κ3) is 1.90. The summed E-state index contributed by atoms with van der Waals surface area (Å²) in [6.07, 6.45) is 7.09. The largest absolute Gasteiger partial charge is 0.388 e. The van der Waals surface area contributed by atoms with Gasteiger partial charge < -0.3 is 10.8 Å². The zero-order valence-corrected chi connectivity index (χ0v) is 8.24. The number of nitrogens with two attached hydrogens (primary N) is 1. The van der Waals surface area contributed by atoms with E-state index in [-0.39, 0.29) is 0 Å². The number of rotatable bonds is 3. The van der Waals surface area contributed by atoms with Crippen LogP contribution in [0.25, 0.3) is 0 Å². The third-order valence-corrected chi connectivity index (χ3v) is 3.09. The highest BCUT2D eigenvalue weighted by atomic mass is 16.3. The molecule has 4 N–H and O–H groups in total. The Labute approximate surface area is 83.5 Å². The Hall–Kier alpha value is -1.03. The van der Waals surface area contributed by atoms with E-state index in [0.717, 1.165) is 12.0 Å². The quantitative estimate of drug-likeness (QED) is 0.685. The lowest BCUT2D eigenvalue weighted by molar-refractivity contribution is 0.145. The molecule has 1 aliphatic rings. The van der Waals surface area contributed by atoms with Crippen LogP contribution in [-0.2, 0) is 0 Å². The number of hydrogen-bond acceptors (Lipinski definition) is 3. The van der Waals surface area contributed by atoms with Gasteiger partial charge in [-0.15, -0.1) is 0 Å². The second-order valence-electron chi connectivity index (χ2n) is 4.14. The molecule has 1 saturated carbocycles. The fourth-order valence-electron chi connectivity index (χ4n) is 2.26. The maximum atomic E-state index is 9.91. The molecule has 1 aliphatic carbocycles. The van der Waals surface area contributed by atoms with Crippen molar-refractivity contribution in [1.82, 2.24) is 10.2 Å². The highest BCUT2D eigenvalue weighted by Crippen LogP contribution is 2.33. The molecule has 0 amide bonds. The molecule has 1 fully saturated rings. The van der Waals surface area contributed by atoms with Crippen molar-refractivity contribution in [3.63, 3.8) is 0 Å². The van der Waals surface area contributed by atoms with Crippen LogP contribution in [0.1, 0.15) is 43.8 Å². The number of nitrogens with one attached hydrogen (secondary N) is 1. The van der Waals surface area contributed by atoms with Crippen LogP contribution in [0.3, 0.4) is 0 Å². The first-order valence-corrected chi connectivity index (χ1v) is 5.24. The van der Waals surface area contributed by atoms with Gasteiger partial charge in [0.05, 0.1) is 12.3 Å². The van der Waals surface area contributed by atoms with Gasteiger partial charge in [-0.05, 0) is 12.3 Å². The summed E-state index contributed by atoms with van der Waals surface area (Å²) < 4.78 is 0. The molecule has 0 bridgehead atoms. The second-order valence-corrected chi connectivity index (χ2v) is 4.14. The average molecular weight is 195 g/mol. The predicted molar refractivity (Wildman–Crippen MR) is 54.5 cm³/mol. The molecule has 2 rings (SSSR count). The summed E-state index contributed by atoms with van der Waals surface area (Å²) in [5, 5.41) is 16.4. The molecule has 4 nitrogen and oxygen atoms in total. The molecule has 0 aliphatic heterocycles. The number of hydrogen-bond donors (Lipinski definition) is 3. The number of aliphatic hydroxyl groups is 1. The molecule has 0 aromatic carbocycles. The van der Waals surface area contributed by atoms with Gasteiger partial charge in [-0.25, -0.2) is 0 Å². The van der Waals surface area contributed by atoms with Crippen LogP contribution in [0.4, 0.5) is 5.82 Å². The molecule has 1 unspecified atom stereocenters. The zero-order valence-electron chi connectivity index (χ0n) is 8.24. The van der Waals surface area contributed by atoms with Gasteiger partial charge in [-0.3, -0.25) is 5.10 Å². The Balaban J connectivity index is 1.95. The summed E-state index contributed by atoms with van der Waals surface area (Å²) in [4.78, 5) is 0. The Morgan fingerprint density at radius 2 is 2.29 bits per heavy atom. The van der Waals surface area contributed by atoms with Gasteiger partial charge in [-0.2, -0.15) is 5.10 Å². The summed E-state index contributed by atoms with van der Waals surface area (Å²) in [5.41, 5.74) is 6.38. The molecule has 1 atom stereocenters. The van der Waals surface area contributed by atoms with Crippen molar-refractivity contribution in [2.45, 2.75) is 38.2 Å². The van der Waals surface area contributed by atoms with E-state index in [9.17, 15) is 5.11 Å². The van der Waals surface area contributed by atoms with E-state index in [1.54, 1.807) is 6.20 Å². The summed E-state index contributed by atoms with van der Waals surface area (Å²) in [5.74, 6) is 1.16. The lowest BCUT2D eigenvalue weighted by Gasteiger charge is -2.14. The van der Waals surface area contributed by atoms with Crippen LogP contribution >= 0.6 is 0 Å². The van der Waals surface area contributed by atoms with E-state index in [4.69, 9.17) is 5.73 Å². The van der Waals surface area contributed by atoms with E-state index in [1.807, 2.05) is 0 Å². The van der Waals surface area contributed by atoms with E-state index in [1.165, 1.54) is 25.7 Å². The minimum Gasteiger partial charge on any atom is -0.388 e. The standard InChI is InChI=1S/C10H17N3O/c11-10-8(6-12-13-10)9(14)5-7-3-1-2-4-7/h6-7,9,14H,1-5H2,(H3,11,12,13). The first kappa shape index (κ1) is 9.52. The van der Waals surface area contributed by atoms with Crippen LogP contribution in [0.15, 0.2) is 6.20 Å². The van der Waals surface area contributed by atoms with Crippen molar-refractivity contribution in [3.8, 4) is 0 Å². The molecule has 4 heteroatoms. The molecule has 78 valence electrons. The highest BCUT2D eigenvalue weighted by molar-refractivity contribution is 5.38. The van der Waals surface area contributed by atoms with Gasteiger partial charge in [0.25, 0.3) is 0 Å². The zero-order chi connectivity index (χ0) is 9.97. The van der Waals surface area contributed by atoms with E-state index in [2.05, 4.69) is 10.2 Å². The monoisotopic (exact) mass is 195 g/mol. The first-order valence-electron chi connectivity index (χ1n) is 5.24. The smallest absolute Gasteiger partial charge is 0.124 e. The SMILES string of the molecule is Nc1[nH]ncc1C(O)CC1CCCC1. The Kier molecular flexibility index (Phi) is 2.72. The average Bonchev–Trinajstić information content (AvgIpc) is 2.75. The molecular weight excluding hydrogens is 178 g/mol. The fourth-order valence-corrected chi connectivity index (χ4v) is 2.26. The molecule has 0 spiro atoms. The summed E-state index contributed by atoms with van der Waals surface area (Å²) in [6, 6.07) is 0. The van der Waals surface area contributed by atoms with Crippen molar-refractivity contribution in [1.29, 1.82) is 0 Å². The van der Waals surface area contributed by atoms with Gasteiger partial charge in [0.2, 0.25) is 0 Å². The topological polar surface area (TPSA) is 74.9 Å². The molecule has 0 saturated heterocycles. The van der Waals surface area contributed by atoms with E-state index >= 15 is 0 Å². The maximum Gasteiger partial charge on any atom is 0.124 e. The minimum absolute atomic E-state index is 0.447. The van der Waals surface area contributed by atoms with Crippen molar-refractivity contribution in [3.05, 3.63) is 11.8 Å². The van der Waals surface area contributed by atoms with Gasteiger partial charge in [0, 0.05) is 5.56 Å². The van der Waals surface area contributed by atoms with Crippen molar-refractivity contribution in [2.24, 2.45) is 5.92 Å². The van der Waals surface area contributed by atoms with E-state index < -0.39 is 6.10 Å². The molecule has 1 heterocycles. The summed E-state index contributed by atoms with van der Waals surface area (Å²) >= 11 is 0. The molecular formula is C10H17N3O. The van der Waals surface area contributed by atoms with Crippen LogP contribution in [0, 0.1) is 5.92 Å². The molecule has 1 aromatic rings. The van der Waals surface area contributed by atoms with Crippen LogP contribution in [-0.4, -0.2) is 15.3 Å². The molecule has 14 heavy (non-hydrogen) atoms. The minimum atomic E-state index is -0.447. The van der Waals surface area contributed by atoms with Crippen molar-refractivity contribution in [2.75, 3.05) is 5.73 Å². The van der Waals surface area contributed by atoms with Gasteiger partial charge in [-0.1, -0.05) is 25.7 Å². The van der Waals surface area contributed by atoms with Crippen LogP contribution < -0.4 is 5.73 Å². The third-order valence-electron chi connectivity index (χ3n) is 3.09. The van der Waals surface area contributed by atoms with Crippen LogP contribution in [0.2, 0.25) is 0 Å². The van der Waals surface area contributed by atoms with E-state index in [0.29, 0.717) is 11.7 Å². The summed E-state index contributed by atoms with van der Waals surface area (Å²) in [6.45, 7) is 0. The second kappa shape index (κ2) is 4.00. The van der Waals surface area contributed by atoms with Gasteiger partial charge in [0.1, 0.15) is 5.82 Å². The lowest BCUT2D eigenvalue weighted by Crippen LogP contribution is -2.05.